The smallest absolute Gasteiger partial charge is 0.123 e. The number of rotatable bonds is 6. The molecule has 1 aromatic carbocycles. The van der Waals surface area contributed by atoms with Crippen LogP contribution >= 0.6 is 0 Å². The van der Waals surface area contributed by atoms with Crippen LogP contribution < -0.4 is 4.74 Å². The van der Waals surface area contributed by atoms with E-state index in [1.165, 1.54) is 6.42 Å². The molecule has 0 aliphatic carbocycles. The van der Waals surface area contributed by atoms with Crippen LogP contribution in [0.25, 0.3) is 0 Å². The van der Waals surface area contributed by atoms with E-state index in [0.717, 1.165) is 42.9 Å². The normalized spacial score (nSPS) is 21.2. The van der Waals surface area contributed by atoms with Gasteiger partial charge in [0.05, 0.1) is 18.8 Å². The molecular formula is C17H27NO3. The third kappa shape index (κ3) is 4.43. The Morgan fingerprint density at radius 2 is 2.24 bits per heavy atom. The number of piperidine rings is 1. The van der Waals surface area contributed by atoms with Gasteiger partial charge in [-0.1, -0.05) is 6.07 Å². The number of likely N-dealkylation sites (tertiary alicyclic amines) is 1. The van der Waals surface area contributed by atoms with Crippen molar-refractivity contribution < 1.29 is 14.6 Å². The largest absolute Gasteiger partial charge is 0.494 e. The van der Waals surface area contributed by atoms with Crippen LogP contribution in [-0.2, 0) is 11.3 Å². The van der Waals surface area contributed by atoms with E-state index in [-0.39, 0.29) is 0 Å². The van der Waals surface area contributed by atoms with Gasteiger partial charge in [0.2, 0.25) is 0 Å². The molecule has 2 atom stereocenters. The predicted molar refractivity (Wildman–Crippen MR) is 83.6 cm³/mol. The van der Waals surface area contributed by atoms with Crippen LogP contribution in [0, 0.1) is 0 Å². The van der Waals surface area contributed by atoms with Crippen LogP contribution in [0.4, 0.5) is 0 Å². The van der Waals surface area contributed by atoms with E-state index >= 15 is 0 Å². The molecule has 1 saturated heterocycles. The van der Waals surface area contributed by atoms with Gasteiger partial charge in [-0.05, 0) is 50.9 Å². The van der Waals surface area contributed by atoms with Crippen molar-refractivity contribution in [1.82, 2.24) is 4.90 Å². The zero-order valence-electron chi connectivity index (χ0n) is 13.3. The summed E-state index contributed by atoms with van der Waals surface area (Å²) >= 11 is 0. The molecule has 1 fully saturated rings. The van der Waals surface area contributed by atoms with E-state index in [1.807, 2.05) is 19.1 Å². The molecular weight excluding hydrogens is 266 g/mol. The molecule has 1 heterocycles. The fraction of sp³-hybridized carbons (Fsp3) is 0.647. The van der Waals surface area contributed by atoms with Gasteiger partial charge in [0.15, 0.2) is 0 Å². The first-order valence-electron chi connectivity index (χ1n) is 7.82. The highest BCUT2D eigenvalue weighted by molar-refractivity contribution is 5.38. The standard InChI is InChI=1S/C17H27NO3/c1-4-21-17-8-7-14(13(2)19)10-15(17)11-18-9-5-6-16(12-18)20-3/h7-8,10,13,16,19H,4-6,9,11-12H2,1-3H3. The van der Waals surface area contributed by atoms with Gasteiger partial charge >= 0.3 is 0 Å². The van der Waals surface area contributed by atoms with Gasteiger partial charge in [-0.15, -0.1) is 0 Å². The average Bonchev–Trinajstić information content (AvgIpc) is 2.49. The molecule has 1 aromatic rings. The lowest BCUT2D eigenvalue weighted by Crippen LogP contribution is -2.38. The van der Waals surface area contributed by atoms with Crippen LogP contribution in [0.2, 0.25) is 0 Å². The molecule has 4 heteroatoms. The fourth-order valence-electron chi connectivity index (χ4n) is 2.87. The Morgan fingerprint density at radius 1 is 1.43 bits per heavy atom. The first-order chi connectivity index (χ1) is 10.1. The minimum atomic E-state index is -0.451. The predicted octanol–water partition coefficient (Wildman–Crippen LogP) is 2.75. The Morgan fingerprint density at radius 3 is 2.90 bits per heavy atom. The lowest BCUT2D eigenvalue weighted by Gasteiger charge is -2.32. The quantitative estimate of drug-likeness (QED) is 0.875. The Hall–Kier alpha value is -1.10. The van der Waals surface area contributed by atoms with Crippen molar-refractivity contribution in [3.63, 3.8) is 0 Å². The molecule has 0 spiro atoms. The number of hydrogen-bond donors (Lipinski definition) is 1. The van der Waals surface area contributed by atoms with Crippen LogP contribution in [0.5, 0.6) is 5.75 Å². The lowest BCUT2D eigenvalue weighted by molar-refractivity contribution is 0.0282. The topological polar surface area (TPSA) is 41.9 Å². The number of benzene rings is 1. The molecule has 118 valence electrons. The third-order valence-corrected chi connectivity index (χ3v) is 4.06. The molecule has 0 saturated carbocycles. The highest BCUT2D eigenvalue weighted by Crippen LogP contribution is 2.26. The molecule has 1 aliphatic rings. The summed E-state index contributed by atoms with van der Waals surface area (Å²) in [5.74, 6) is 0.918. The first-order valence-corrected chi connectivity index (χ1v) is 7.82. The average molecular weight is 293 g/mol. The Kier molecular flexibility index (Phi) is 6.03. The number of aliphatic hydroxyl groups is 1. The number of aliphatic hydroxyl groups excluding tert-OH is 1. The summed E-state index contributed by atoms with van der Waals surface area (Å²) in [6, 6.07) is 5.97. The van der Waals surface area contributed by atoms with E-state index < -0.39 is 6.10 Å². The summed E-state index contributed by atoms with van der Waals surface area (Å²) in [5, 5.41) is 9.78. The van der Waals surface area contributed by atoms with Gasteiger partial charge in [0.1, 0.15) is 5.75 Å². The van der Waals surface area contributed by atoms with Crippen LogP contribution in [-0.4, -0.2) is 42.9 Å². The summed E-state index contributed by atoms with van der Waals surface area (Å²) in [5.41, 5.74) is 2.08. The van der Waals surface area contributed by atoms with Gasteiger partial charge in [0.25, 0.3) is 0 Å². The Bertz CT molecular complexity index is 448. The number of ether oxygens (including phenoxy) is 2. The second-order valence-electron chi connectivity index (χ2n) is 5.71. The molecule has 4 nitrogen and oxygen atoms in total. The summed E-state index contributed by atoms with van der Waals surface area (Å²) < 4.78 is 11.2. The number of methoxy groups -OCH3 is 1. The molecule has 2 rings (SSSR count). The molecule has 0 bridgehead atoms. The lowest BCUT2D eigenvalue weighted by atomic mass is 10.0. The van der Waals surface area contributed by atoms with Crippen molar-refractivity contribution >= 4 is 0 Å². The second kappa shape index (κ2) is 7.78. The van der Waals surface area contributed by atoms with E-state index in [9.17, 15) is 5.11 Å². The molecule has 0 amide bonds. The van der Waals surface area contributed by atoms with Gasteiger partial charge in [-0.25, -0.2) is 0 Å². The van der Waals surface area contributed by atoms with Crippen LogP contribution in [0.15, 0.2) is 18.2 Å². The number of nitrogens with zero attached hydrogens (tertiary/aromatic N) is 1. The van der Waals surface area contributed by atoms with Crippen molar-refractivity contribution in [2.75, 3.05) is 26.8 Å². The van der Waals surface area contributed by atoms with E-state index in [2.05, 4.69) is 11.0 Å². The molecule has 2 unspecified atom stereocenters. The summed E-state index contributed by atoms with van der Waals surface area (Å²) in [7, 11) is 1.79. The maximum absolute atomic E-state index is 9.78. The molecule has 21 heavy (non-hydrogen) atoms. The fourth-order valence-corrected chi connectivity index (χ4v) is 2.87. The Labute approximate surface area is 127 Å². The van der Waals surface area contributed by atoms with E-state index in [4.69, 9.17) is 9.47 Å². The van der Waals surface area contributed by atoms with Gasteiger partial charge in [-0.2, -0.15) is 0 Å². The summed E-state index contributed by atoms with van der Waals surface area (Å²) in [6.45, 7) is 7.33. The SMILES string of the molecule is CCOc1ccc(C(C)O)cc1CN1CCCC(OC)C1. The maximum Gasteiger partial charge on any atom is 0.123 e. The van der Waals surface area contributed by atoms with Crippen molar-refractivity contribution in [1.29, 1.82) is 0 Å². The maximum atomic E-state index is 9.78. The third-order valence-electron chi connectivity index (χ3n) is 4.06. The first kappa shape index (κ1) is 16.3. The van der Waals surface area contributed by atoms with Crippen molar-refractivity contribution in [3.8, 4) is 5.75 Å². The van der Waals surface area contributed by atoms with Crippen molar-refractivity contribution in [2.24, 2.45) is 0 Å². The van der Waals surface area contributed by atoms with Gasteiger partial charge < -0.3 is 14.6 Å². The van der Waals surface area contributed by atoms with Crippen LogP contribution in [0.3, 0.4) is 0 Å². The van der Waals surface area contributed by atoms with Gasteiger partial charge in [0, 0.05) is 25.8 Å². The minimum Gasteiger partial charge on any atom is -0.494 e. The Balaban J connectivity index is 2.14. The summed E-state index contributed by atoms with van der Waals surface area (Å²) in [4.78, 5) is 2.40. The van der Waals surface area contributed by atoms with E-state index in [1.54, 1.807) is 14.0 Å². The molecule has 0 radical (unpaired) electrons. The second-order valence-corrected chi connectivity index (χ2v) is 5.71. The van der Waals surface area contributed by atoms with Crippen molar-refractivity contribution in [3.05, 3.63) is 29.3 Å². The monoisotopic (exact) mass is 293 g/mol. The molecule has 1 aliphatic heterocycles. The number of hydrogen-bond acceptors (Lipinski definition) is 4. The highest BCUT2D eigenvalue weighted by Gasteiger charge is 2.20. The van der Waals surface area contributed by atoms with Crippen molar-refractivity contribution in [2.45, 2.75) is 45.4 Å². The molecule has 0 aromatic heterocycles. The zero-order chi connectivity index (χ0) is 15.2. The molecule has 1 N–H and O–H groups in total. The van der Waals surface area contributed by atoms with Gasteiger partial charge in [-0.3, -0.25) is 4.90 Å². The summed E-state index contributed by atoms with van der Waals surface area (Å²) in [6.07, 6.45) is 2.18. The minimum absolute atomic E-state index is 0.328. The highest BCUT2D eigenvalue weighted by atomic mass is 16.5. The van der Waals surface area contributed by atoms with E-state index in [0.29, 0.717) is 12.7 Å². The van der Waals surface area contributed by atoms with Crippen LogP contribution in [0.1, 0.15) is 43.9 Å². The zero-order valence-corrected chi connectivity index (χ0v) is 13.3.